The van der Waals surface area contributed by atoms with Gasteiger partial charge in [-0.25, -0.2) is 4.79 Å². The first-order chi connectivity index (χ1) is 8.90. The minimum atomic E-state index is -1.27. The maximum absolute atomic E-state index is 11.8. The van der Waals surface area contributed by atoms with Crippen molar-refractivity contribution in [2.45, 2.75) is 18.9 Å². The van der Waals surface area contributed by atoms with Crippen LogP contribution in [0.4, 0.5) is 4.79 Å². The van der Waals surface area contributed by atoms with Gasteiger partial charge in [0, 0.05) is 6.54 Å². The summed E-state index contributed by atoms with van der Waals surface area (Å²) in [7, 11) is 0. The normalized spacial score (nSPS) is 18.3. The molecule has 1 saturated heterocycles. The molecule has 1 rings (SSSR count). The summed E-state index contributed by atoms with van der Waals surface area (Å²) in [5.74, 6) is -2.43. The highest BCUT2D eigenvalue weighted by molar-refractivity contribution is 5.90. The van der Waals surface area contributed by atoms with E-state index >= 15 is 0 Å². The average Bonchev–Trinajstić information content (AvgIpc) is 2.30. The second-order valence-electron chi connectivity index (χ2n) is 4.15. The molecule has 0 aromatic rings. The Kier molecular flexibility index (Phi) is 5.10. The van der Waals surface area contributed by atoms with Gasteiger partial charge in [0.15, 0.2) is 0 Å². The van der Waals surface area contributed by atoms with E-state index in [0.29, 0.717) is 19.4 Å². The number of carboxylic acids is 1. The first kappa shape index (κ1) is 14.7. The molecule has 19 heavy (non-hydrogen) atoms. The Morgan fingerprint density at radius 3 is 2.63 bits per heavy atom. The summed E-state index contributed by atoms with van der Waals surface area (Å²) in [5.41, 5.74) is 4.93. The van der Waals surface area contributed by atoms with E-state index in [1.54, 1.807) is 0 Å². The third-order valence-corrected chi connectivity index (χ3v) is 2.54. The van der Waals surface area contributed by atoms with Crippen LogP contribution in [0.2, 0.25) is 0 Å². The van der Waals surface area contributed by atoms with Crippen molar-refractivity contribution in [2.75, 3.05) is 19.6 Å². The van der Waals surface area contributed by atoms with Crippen LogP contribution in [0.5, 0.6) is 0 Å². The summed E-state index contributed by atoms with van der Waals surface area (Å²) < 4.78 is 0. The quantitative estimate of drug-likeness (QED) is 0.451. The van der Waals surface area contributed by atoms with Crippen molar-refractivity contribution in [2.24, 2.45) is 5.73 Å². The molecule has 0 aromatic carbocycles. The molecule has 9 heteroatoms. The molecule has 1 aliphatic heterocycles. The number of hydrogen-bond donors (Lipinski definition) is 4. The number of amides is 4. The lowest BCUT2D eigenvalue weighted by atomic mass is 10.1. The van der Waals surface area contributed by atoms with E-state index in [9.17, 15) is 19.2 Å². The average molecular weight is 272 g/mol. The zero-order valence-electron chi connectivity index (χ0n) is 10.2. The highest BCUT2D eigenvalue weighted by Crippen LogP contribution is 2.03. The molecule has 1 fully saturated rings. The molecular weight excluding hydrogens is 256 g/mol. The molecule has 0 aliphatic carbocycles. The Morgan fingerprint density at radius 1 is 1.42 bits per heavy atom. The van der Waals surface area contributed by atoms with Crippen LogP contribution in [0, 0.1) is 0 Å². The summed E-state index contributed by atoms with van der Waals surface area (Å²) >= 11 is 0. The molecule has 4 amide bonds. The van der Waals surface area contributed by atoms with Gasteiger partial charge in [-0.05, 0) is 12.8 Å². The van der Waals surface area contributed by atoms with Gasteiger partial charge in [0.2, 0.25) is 11.8 Å². The van der Waals surface area contributed by atoms with Crippen molar-refractivity contribution in [3.8, 4) is 0 Å². The number of nitrogens with two attached hydrogens (primary N) is 1. The molecule has 106 valence electrons. The number of primary amides is 1. The summed E-state index contributed by atoms with van der Waals surface area (Å²) in [6.45, 7) is -0.638. The Hall–Kier alpha value is -2.32. The van der Waals surface area contributed by atoms with Gasteiger partial charge in [-0.1, -0.05) is 0 Å². The lowest BCUT2D eigenvalue weighted by molar-refractivity contribution is -0.137. The van der Waals surface area contributed by atoms with Crippen LogP contribution in [0.3, 0.4) is 0 Å². The second-order valence-corrected chi connectivity index (χ2v) is 4.15. The molecule has 0 saturated carbocycles. The number of carbonyl (C=O) groups is 4. The van der Waals surface area contributed by atoms with Gasteiger partial charge in [-0.2, -0.15) is 0 Å². The number of urea groups is 1. The molecule has 0 spiro atoms. The fourth-order valence-electron chi connectivity index (χ4n) is 1.70. The molecule has 1 unspecified atom stereocenters. The summed E-state index contributed by atoms with van der Waals surface area (Å²) in [5, 5.41) is 13.6. The molecule has 1 aliphatic rings. The maximum Gasteiger partial charge on any atom is 0.323 e. The van der Waals surface area contributed by atoms with E-state index < -0.39 is 37.0 Å². The molecule has 1 heterocycles. The van der Waals surface area contributed by atoms with Crippen LogP contribution in [0.15, 0.2) is 0 Å². The Morgan fingerprint density at radius 2 is 2.11 bits per heavy atom. The minimum absolute atomic E-state index is 0.325. The van der Waals surface area contributed by atoms with Crippen LogP contribution in [-0.4, -0.2) is 59.5 Å². The highest BCUT2D eigenvalue weighted by Gasteiger charge is 2.27. The number of nitrogens with zero attached hydrogens (tertiary/aromatic N) is 1. The Bertz CT molecular complexity index is 381. The Balaban J connectivity index is 2.62. The van der Waals surface area contributed by atoms with Crippen molar-refractivity contribution < 1.29 is 24.3 Å². The second kappa shape index (κ2) is 6.57. The van der Waals surface area contributed by atoms with Crippen LogP contribution in [-0.2, 0) is 14.4 Å². The fraction of sp³-hybridized carbons (Fsp3) is 0.600. The number of carbonyl (C=O) groups excluding carboxylic acids is 3. The van der Waals surface area contributed by atoms with Crippen LogP contribution in [0.1, 0.15) is 12.8 Å². The standard InChI is InChI=1S/C10H16N4O5/c11-7(15)4-14(5-8(16)17)10(19)13-6-2-1-3-12-9(6)18/h6H,1-5H2,(H2,11,15)(H,12,18)(H,13,19)(H,16,17). The lowest BCUT2D eigenvalue weighted by Crippen LogP contribution is -2.55. The first-order valence-electron chi connectivity index (χ1n) is 5.73. The molecule has 0 aromatic heterocycles. The summed E-state index contributed by atoms with van der Waals surface area (Å²) in [4.78, 5) is 45.4. The van der Waals surface area contributed by atoms with Gasteiger partial charge in [0.25, 0.3) is 0 Å². The van der Waals surface area contributed by atoms with Gasteiger partial charge in [0.05, 0.1) is 0 Å². The largest absolute Gasteiger partial charge is 0.480 e. The number of rotatable bonds is 5. The van der Waals surface area contributed by atoms with Crippen molar-refractivity contribution in [1.82, 2.24) is 15.5 Å². The van der Waals surface area contributed by atoms with Crippen LogP contribution < -0.4 is 16.4 Å². The number of piperidine rings is 1. The van der Waals surface area contributed by atoms with E-state index in [0.717, 1.165) is 4.90 Å². The van der Waals surface area contributed by atoms with E-state index in [-0.39, 0.29) is 5.91 Å². The van der Waals surface area contributed by atoms with Crippen LogP contribution >= 0.6 is 0 Å². The monoisotopic (exact) mass is 272 g/mol. The molecule has 5 N–H and O–H groups in total. The summed E-state index contributed by atoms with van der Waals surface area (Å²) in [6, 6.07) is -1.52. The van der Waals surface area contributed by atoms with Crippen molar-refractivity contribution in [1.29, 1.82) is 0 Å². The van der Waals surface area contributed by atoms with Gasteiger partial charge in [-0.15, -0.1) is 0 Å². The zero-order valence-corrected chi connectivity index (χ0v) is 10.2. The third-order valence-electron chi connectivity index (χ3n) is 2.54. The fourth-order valence-corrected chi connectivity index (χ4v) is 1.70. The first-order valence-corrected chi connectivity index (χ1v) is 5.73. The Labute approximate surface area is 109 Å². The molecule has 0 radical (unpaired) electrons. The predicted octanol–water partition coefficient (Wildman–Crippen LogP) is -2.15. The maximum atomic E-state index is 11.8. The SMILES string of the molecule is NC(=O)CN(CC(=O)O)C(=O)NC1CCCNC1=O. The number of aliphatic carboxylic acids is 1. The number of carboxylic acid groups (broad SMARTS) is 1. The van der Waals surface area contributed by atoms with Crippen molar-refractivity contribution in [3.63, 3.8) is 0 Å². The predicted molar refractivity (Wildman–Crippen MR) is 63.0 cm³/mol. The number of hydrogen-bond acceptors (Lipinski definition) is 4. The van der Waals surface area contributed by atoms with Crippen LogP contribution in [0.25, 0.3) is 0 Å². The summed E-state index contributed by atoms with van der Waals surface area (Å²) in [6.07, 6.45) is 1.18. The smallest absolute Gasteiger partial charge is 0.323 e. The third kappa shape index (κ3) is 4.82. The van der Waals surface area contributed by atoms with Gasteiger partial charge in [0.1, 0.15) is 19.1 Å². The minimum Gasteiger partial charge on any atom is -0.480 e. The van der Waals surface area contributed by atoms with E-state index in [1.165, 1.54) is 0 Å². The molecule has 1 atom stereocenters. The van der Waals surface area contributed by atoms with E-state index in [1.807, 2.05) is 0 Å². The van der Waals surface area contributed by atoms with Crippen molar-refractivity contribution in [3.05, 3.63) is 0 Å². The zero-order chi connectivity index (χ0) is 14.4. The van der Waals surface area contributed by atoms with Gasteiger partial charge in [-0.3, -0.25) is 14.4 Å². The number of nitrogens with one attached hydrogen (secondary N) is 2. The van der Waals surface area contributed by atoms with E-state index in [2.05, 4.69) is 10.6 Å². The lowest BCUT2D eigenvalue weighted by Gasteiger charge is -2.26. The molecular formula is C10H16N4O5. The molecule has 9 nitrogen and oxygen atoms in total. The van der Waals surface area contributed by atoms with Crippen molar-refractivity contribution >= 4 is 23.8 Å². The van der Waals surface area contributed by atoms with Gasteiger partial charge >= 0.3 is 12.0 Å². The topological polar surface area (TPSA) is 142 Å². The van der Waals surface area contributed by atoms with Gasteiger partial charge < -0.3 is 26.4 Å². The highest BCUT2D eigenvalue weighted by atomic mass is 16.4. The molecule has 0 bridgehead atoms. The van der Waals surface area contributed by atoms with E-state index in [4.69, 9.17) is 10.8 Å².